The summed E-state index contributed by atoms with van der Waals surface area (Å²) in [6.45, 7) is 3.88. The minimum Gasteiger partial charge on any atom is -0.393 e. The van der Waals surface area contributed by atoms with E-state index in [0.717, 1.165) is 42.4 Å². The molecular formula is C16H22N6O. The molecule has 7 nitrogen and oxygen atoms in total. The van der Waals surface area contributed by atoms with Crippen molar-refractivity contribution in [2.75, 3.05) is 5.32 Å². The Kier molecular flexibility index (Phi) is 4.38. The molecule has 2 heterocycles. The van der Waals surface area contributed by atoms with E-state index in [1.165, 1.54) is 0 Å². The van der Waals surface area contributed by atoms with Gasteiger partial charge in [0.05, 0.1) is 24.5 Å². The van der Waals surface area contributed by atoms with Crippen LogP contribution in [0.5, 0.6) is 0 Å². The van der Waals surface area contributed by atoms with Gasteiger partial charge in [-0.1, -0.05) is 5.57 Å². The lowest BCUT2D eigenvalue weighted by atomic mass is 9.93. The van der Waals surface area contributed by atoms with Crippen molar-refractivity contribution < 1.29 is 5.11 Å². The molecule has 0 unspecified atom stereocenters. The highest BCUT2D eigenvalue weighted by Crippen LogP contribution is 2.30. The Bertz CT molecular complexity index is 738. The highest BCUT2D eigenvalue weighted by atomic mass is 16.3. The number of aliphatic hydroxyl groups is 1. The lowest BCUT2D eigenvalue weighted by Crippen LogP contribution is -2.22. The second kappa shape index (κ2) is 6.45. The van der Waals surface area contributed by atoms with Gasteiger partial charge in [-0.3, -0.25) is 5.41 Å². The molecule has 122 valence electrons. The van der Waals surface area contributed by atoms with Crippen molar-refractivity contribution in [2.24, 2.45) is 0 Å². The molecule has 3 rings (SSSR count). The maximum Gasteiger partial charge on any atom is 0.179 e. The van der Waals surface area contributed by atoms with Gasteiger partial charge in [-0.15, -0.1) is 0 Å². The highest BCUT2D eigenvalue weighted by Gasteiger charge is 2.23. The summed E-state index contributed by atoms with van der Waals surface area (Å²) in [5, 5.41) is 24.9. The molecule has 0 amide bonds. The minimum absolute atomic E-state index is 0.194. The van der Waals surface area contributed by atoms with Gasteiger partial charge in [0.1, 0.15) is 11.4 Å². The topological polar surface area (TPSA) is 99.7 Å². The molecule has 1 aliphatic rings. The number of hydrogen-bond donors (Lipinski definition) is 3. The lowest BCUT2D eigenvalue weighted by molar-refractivity contribution is 0.109. The number of nitrogens with zero attached hydrogens (tertiary/aromatic N) is 4. The average Bonchev–Trinajstić information content (AvgIpc) is 2.90. The monoisotopic (exact) mass is 314 g/mol. The number of aliphatic hydroxyl groups excluding tert-OH is 1. The van der Waals surface area contributed by atoms with Crippen molar-refractivity contribution in [3.05, 3.63) is 24.0 Å². The molecule has 1 fully saturated rings. The van der Waals surface area contributed by atoms with Crippen LogP contribution in [0.1, 0.15) is 45.6 Å². The molecule has 0 aromatic carbocycles. The van der Waals surface area contributed by atoms with Gasteiger partial charge in [0.15, 0.2) is 11.5 Å². The molecule has 0 radical (unpaired) electrons. The number of aromatic nitrogens is 4. The molecule has 0 saturated heterocycles. The Balaban J connectivity index is 1.85. The summed E-state index contributed by atoms with van der Waals surface area (Å²) in [6, 6.07) is 0.248. The van der Waals surface area contributed by atoms with Gasteiger partial charge >= 0.3 is 0 Å². The van der Waals surface area contributed by atoms with E-state index < -0.39 is 0 Å². The first kappa shape index (κ1) is 15.6. The number of amidine groups is 1. The second-order valence-electron chi connectivity index (χ2n) is 6.28. The van der Waals surface area contributed by atoms with Gasteiger partial charge in [0.25, 0.3) is 0 Å². The van der Waals surface area contributed by atoms with Gasteiger partial charge in [-0.2, -0.15) is 5.10 Å². The molecule has 0 atom stereocenters. The van der Waals surface area contributed by atoms with Crippen LogP contribution in [0.2, 0.25) is 0 Å². The molecule has 1 saturated carbocycles. The first-order chi connectivity index (χ1) is 11.0. The zero-order valence-electron chi connectivity index (χ0n) is 13.5. The van der Waals surface area contributed by atoms with Crippen molar-refractivity contribution in [2.45, 2.75) is 51.7 Å². The third kappa shape index (κ3) is 3.56. The van der Waals surface area contributed by atoms with E-state index >= 15 is 0 Å². The van der Waals surface area contributed by atoms with Crippen LogP contribution in [0.15, 0.2) is 24.0 Å². The van der Waals surface area contributed by atoms with E-state index in [1.54, 1.807) is 18.5 Å². The summed E-state index contributed by atoms with van der Waals surface area (Å²) in [7, 11) is 0. The van der Waals surface area contributed by atoms with Gasteiger partial charge in [-0.05, 0) is 45.6 Å². The van der Waals surface area contributed by atoms with E-state index in [1.807, 2.05) is 18.5 Å². The number of anilines is 1. The highest BCUT2D eigenvalue weighted by molar-refractivity contribution is 6.01. The Morgan fingerprint density at radius 3 is 2.74 bits per heavy atom. The van der Waals surface area contributed by atoms with E-state index in [-0.39, 0.29) is 18.0 Å². The smallest absolute Gasteiger partial charge is 0.179 e. The van der Waals surface area contributed by atoms with Gasteiger partial charge in [0, 0.05) is 0 Å². The van der Waals surface area contributed by atoms with Crippen molar-refractivity contribution in [1.29, 1.82) is 5.41 Å². The third-order valence-electron chi connectivity index (χ3n) is 4.01. The van der Waals surface area contributed by atoms with Crippen LogP contribution in [0.25, 0.3) is 11.2 Å². The van der Waals surface area contributed by atoms with E-state index in [9.17, 15) is 5.11 Å². The Hall–Kier alpha value is -2.28. The number of hydrogen-bond acceptors (Lipinski definition) is 5. The van der Waals surface area contributed by atoms with Gasteiger partial charge < -0.3 is 10.4 Å². The van der Waals surface area contributed by atoms with Crippen molar-refractivity contribution in [1.82, 2.24) is 19.7 Å². The van der Waals surface area contributed by atoms with Crippen molar-refractivity contribution in [3.8, 4) is 0 Å². The second-order valence-corrected chi connectivity index (χ2v) is 6.28. The van der Waals surface area contributed by atoms with Crippen LogP contribution < -0.4 is 5.32 Å². The van der Waals surface area contributed by atoms with E-state index in [0.29, 0.717) is 5.82 Å². The van der Waals surface area contributed by atoms with Crippen LogP contribution in [0.4, 0.5) is 5.82 Å². The van der Waals surface area contributed by atoms with Crippen LogP contribution in [0.3, 0.4) is 0 Å². The quantitative estimate of drug-likeness (QED) is 0.597. The zero-order chi connectivity index (χ0) is 16.4. The fraction of sp³-hybridized carbons (Fsp3) is 0.500. The van der Waals surface area contributed by atoms with Gasteiger partial charge in [-0.25, -0.2) is 14.6 Å². The largest absolute Gasteiger partial charge is 0.393 e. The Labute approximate surface area is 135 Å². The fourth-order valence-corrected chi connectivity index (χ4v) is 2.91. The molecule has 7 heteroatoms. The summed E-state index contributed by atoms with van der Waals surface area (Å²) in [4.78, 5) is 8.94. The maximum atomic E-state index is 9.66. The molecule has 2 aromatic heterocycles. The van der Waals surface area contributed by atoms with Crippen LogP contribution in [0, 0.1) is 5.41 Å². The number of rotatable bonds is 3. The molecular weight excluding hydrogens is 292 g/mol. The standard InChI is InChI=1S/C16H22N6O/c1-10(2)7-14(17)20-15-9-18-13-8-19-22(16(13)21-15)11-3-5-12(23)6-4-11/h7-9,11-12,23H,3-6H2,1-2H3,(H2,17,20,21)/t11-,12-. The van der Waals surface area contributed by atoms with E-state index in [2.05, 4.69) is 20.4 Å². The molecule has 0 bridgehead atoms. The zero-order valence-corrected chi connectivity index (χ0v) is 13.5. The summed E-state index contributed by atoms with van der Waals surface area (Å²) in [6.07, 6.45) is 8.26. The number of allylic oxidation sites excluding steroid dienone is 1. The van der Waals surface area contributed by atoms with Gasteiger partial charge in [0.2, 0.25) is 0 Å². The Morgan fingerprint density at radius 2 is 2.04 bits per heavy atom. The minimum atomic E-state index is -0.194. The average molecular weight is 314 g/mol. The fourth-order valence-electron chi connectivity index (χ4n) is 2.91. The predicted molar refractivity (Wildman–Crippen MR) is 89.6 cm³/mol. The first-order valence-corrected chi connectivity index (χ1v) is 7.91. The van der Waals surface area contributed by atoms with E-state index in [4.69, 9.17) is 5.41 Å². The molecule has 0 spiro atoms. The molecule has 2 aromatic rings. The lowest BCUT2D eigenvalue weighted by Gasteiger charge is -2.25. The number of fused-ring (bicyclic) bond motifs is 1. The van der Waals surface area contributed by atoms with Crippen LogP contribution >= 0.6 is 0 Å². The molecule has 0 aliphatic heterocycles. The first-order valence-electron chi connectivity index (χ1n) is 7.91. The summed E-state index contributed by atoms with van der Waals surface area (Å²) in [5.74, 6) is 0.822. The van der Waals surface area contributed by atoms with Crippen molar-refractivity contribution >= 4 is 22.8 Å². The summed E-state index contributed by atoms with van der Waals surface area (Å²) < 4.78 is 1.91. The summed E-state index contributed by atoms with van der Waals surface area (Å²) >= 11 is 0. The van der Waals surface area contributed by atoms with Crippen molar-refractivity contribution in [3.63, 3.8) is 0 Å². The molecule has 3 N–H and O–H groups in total. The number of nitrogens with one attached hydrogen (secondary N) is 2. The predicted octanol–water partition coefficient (Wildman–Crippen LogP) is 2.66. The third-order valence-corrected chi connectivity index (χ3v) is 4.01. The Morgan fingerprint density at radius 1 is 1.30 bits per heavy atom. The molecule has 23 heavy (non-hydrogen) atoms. The normalized spacial score (nSPS) is 21.2. The van der Waals surface area contributed by atoms with Crippen LogP contribution in [-0.2, 0) is 0 Å². The molecule has 1 aliphatic carbocycles. The SMILES string of the molecule is CC(C)=CC(=N)Nc1cnc2cnn([C@H]3CC[C@H](O)CC3)c2n1. The van der Waals surface area contributed by atoms with Crippen LogP contribution in [-0.4, -0.2) is 36.8 Å². The summed E-state index contributed by atoms with van der Waals surface area (Å²) in [5.41, 5.74) is 2.51. The maximum absolute atomic E-state index is 9.66.